The highest BCUT2D eigenvalue weighted by atomic mass is 127. The van der Waals surface area contributed by atoms with E-state index in [2.05, 4.69) is 55.2 Å². The van der Waals surface area contributed by atoms with Crippen molar-refractivity contribution < 1.29 is 4.74 Å². The van der Waals surface area contributed by atoms with Gasteiger partial charge < -0.3 is 15.4 Å². The van der Waals surface area contributed by atoms with Crippen LogP contribution in [0, 0.1) is 12.8 Å². The van der Waals surface area contributed by atoms with E-state index in [1.54, 1.807) is 11.3 Å². The average Bonchev–Trinajstić information content (AvgIpc) is 2.90. The monoisotopic (exact) mass is 482 g/mol. The van der Waals surface area contributed by atoms with Gasteiger partial charge in [-0.2, -0.15) is 0 Å². The minimum atomic E-state index is 0. The lowest BCUT2D eigenvalue weighted by atomic mass is 10.2. The van der Waals surface area contributed by atoms with Gasteiger partial charge in [0.2, 0.25) is 0 Å². The summed E-state index contributed by atoms with van der Waals surface area (Å²) in [6.07, 6.45) is 2.90. The third-order valence-corrected chi connectivity index (χ3v) is 4.49. The summed E-state index contributed by atoms with van der Waals surface area (Å²) in [5, 5.41) is 7.88. The molecule has 1 heterocycles. The van der Waals surface area contributed by atoms with Crippen molar-refractivity contribution in [2.75, 3.05) is 32.8 Å². The Morgan fingerprint density at radius 2 is 2.04 bits per heavy atom. The molecule has 0 aliphatic rings. The van der Waals surface area contributed by atoms with E-state index >= 15 is 0 Å². The van der Waals surface area contributed by atoms with Gasteiger partial charge in [0.15, 0.2) is 5.96 Å². The minimum Gasteiger partial charge on any atom is -0.381 e. The van der Waals surface area contributed by atoms with Crippen LogP contribution in [0.15, 0.2) is 4.99 Å². The average molecular weight is 482 g/mol. The molecule has 1 aromatic heterocycles. The fraction of sp³-hybridized carbons (Fsp3) is 0.778. The second-order valence-electron chi connectivity index (χ2n) is 6.22. The number of ether oxygens (including phenoxy) is 1. The van der Waals surface area contributed by atoms with Crippen LogP contribution in [-0.2, 0) is 17.6 Å². The van der Waals surface area contributed by atoms with Crippen LogP contribution in [-0.4, -0.2) is 43.8 Å². The number of nitrogens with zero attached hydrogens (tertiary/aromatic N) is 2. The van der Waals surface area contributed by atoms with Crippen molar-refractivity contribution in [2.45, 2.75) is 53.9 Å². The number of thiazole rings is 1. The molecule has 0 amide bonds. The Morgan fingerprint density at radius 3 is 2.64 bits per heavy atom. The van der Waals surface area contributed by atoms with Crippen LogP contribution in [0.5, 0.6) is 0 Å². The van der Waals surface area contributed by atoms with E-state index in [4.69, 9.17) is 4.74 Å². The molecule has 0 aliphatic heterocycles. The molecule has 0 atom stereocenters. The zero-order valence-corrected chi connectivity index (χ0v) is 19.5. The van der Waals surface area contributed by atoms with Gasteiger partial charge >= 0.3 is 0 Å². The van der Waals surface area contributed by atoms with Crippen molar-refractivity contribution in [1.82, 2.24) is 15.6 Å². The second-order valence-corrected chi connectivity index (χ2v) is 7.51. The molecule has 146 valence electrons. The maximum Gasteiger partial charge on any atom is 0.191 e. The van der Waals surface area contributed by atoms with Crippen molar-refractivity contribution in [3.63, 3.8) is 0 Å². The number of aryl methyl sites for hydroxylation is 2. The van der Waals surface area contributed by atoms with Gasteiger partial charge in [0.05, 0.1) is 10.7 Å². The Balaban J connectivity index is 0.00000576. The van der Waals surface area contributed by atoms with Gasteiger partial charge in [-0.15, -0.1) is 35.3 Å². The molecule has 2 N–H and O–H groups in total. The number of rotatable bonds is 11. The molecule has 25 heavy (non-hydrogen) atoms. The summed E-state index contributed by atoms with van der Waals surface area (Å²) in [5.41, 5.74) is 1.23. The van der Waals surface area contributed by atoms with Gasteiger partial charge in [0.25, 0.3) is 0 Å². The van der Waals surface area contributed by atoms with E-state index in [0.29, 0.717) is 5.92 Å². The quantitative estimate of drug-likeness (QED) is 0.218. The van der Waals surface area contributed by atoms with Crippen LogP contribution < -0.4 is 10.6 Å². The first-order valence-electron chi connectivity index (χ1n) is 9.11. The number of nitrogens with one attached hydrogen (secondary N) is 2. The lowest BCUT2D eigenvalue weighted by molar-refractivity contribution is 0.109. The molecule has 1 rings (SSSR count). The summed E-state index contributed by atoms with van der Waals surface area (Å²) in [4.78, 5) is 10.6. The zero-order valence-electron chi connectivity index (χ0n) is 16.4. The van der Waals surface area contributed by atoms with Crippen molar-refractivity contribution >= 4 is 41.3 Å². The van der Waals surface area contributed by atoms with E-state index in [1.807, 2.05) is 0 Å². The summed E-state index contributed by atoms with van der Waals surface area (Å²) < 4.78 is 5.58. The summed E-state index contributed by atoms with van der Waals surface area (Å²) in [5.74, 6) is 1.47. The molecule has 0 radical (unpaired) electrons. The maximum absolute atomic E-state index is 5.58. The fourth-order valence-electron chi connectivity index (χ4n) is 2.23. The predicted molar refractivity (Wildman–Crippen MR) is 120 cm³/mol. The van der Waals surface area contributed by atoms with Crippen LogP contribution in [0.25, 0.3) is 0 Å². The number of aromatic nitrogens is 1. The molecular weight excluding hydrogens is 447 g/mol. The van der Waals surface area contributed by atoms with Crippen LogP contribution >= 0.6 is 35.3 Å². The molecule has 7 heteroatoms. The van der Waals surface area contributed by atoms with Crippen LogP contribution in [0.1, 0.15) is 49.7 Å². The maximum atomic E-state index is 5.58. The molecule has 1 aromatic rings. The number of hydrogen-bond donors (Lipinski definition) is 2. The van der Waals surface area contributed by atoms with E-state index in [-0.39, 0.29) is 24.0 Å². The van der Waals surface area contributed by atoms with Gasteiger partial charge in [-0.3, -0.25) is 4.99 Å². The first-order chi connectivity index (χ1) is 11.6. The molecule has 0 saturated carbocycles. The van der Waals surface area contributed by atoms with Crippen molar-refractivity contribution in [1.29, 1.82) is 0 Å². The lowest BCUT2D eigenvalue weighted by Gasteiger charge is -2.11. The topological polar surface area (TPSA) is 58.5 Å². The van der Waals surface area contributed by atoms with E-state index < -0.39 is 0 Å². The largest absolute Gasteiger partial charge is 0.381 e. The number of guanidine groups is 1. The van der Waals surface area contributed by atoms with Crippen molar-refractivity contribution in [2.24, 2.45) is 10.9 Å². The van der Waals surface area contributed by atoms with Crippen LogP contribution in [0.2, 0.25) is 0 Å². The van der Waals surface area contributed by atoms with E-state index in [0.717, 1.165) is 58.1 Å². The van der Waals surface area contributed by atoms with Gasteiger partial charge in [-0.25, -0.2) is 4.98 Å². The molecule has 0 spiro atoms. The van der Waals surface area contributed by atoms with Crippen LogP contribution in [0.3, 0.4) is 0 Å². The van der Waals surface area contributed by atoms with Gasteiger partial charge in [-0.05, 0) is 32.6 Å². The normalized spacial score (nSPS) is 11.5. The Kier molecular flexibility index (Phi) is 14.5. The smallest absolute Gasteiger partial charge is 0.191 e. The Bertz CT molecular complexity index is 491. The molecule has 0 bridgehead atoms. The summed E-state index contributed by atoms with van der Waals surface area (Å²) >= 11 is 1.81. The highest BCUT2D eigenvalue weighted by Gasteiger charge is 2.06. The minimum absolute atomic E-state index is 0. The number of hydrogen-bond acceptors (Lipinski definition) is 4. The molecule has 5 nitrogen and oxygen atoms in total. The summed E-state index contributed by atoms with van der Waals surface area (Å²) in [6.45, 7) is 14.8. The fourth-order valence-corrected chi connectivity index (χ4v) is 3.25. The first-order valence-corrected chi connectivity index (χ1v) is 9.93. The van der Waals surface area contributed by atoms with Gasteiger partial charge in [-0.1, -0.05) is 20.8 Å². The van der Waals surface area contributed by atoms with Gasteiger partial charge in [0.1, 0.15) is 0 Å². The van der Waals surface area contributed by atoms with Crippen LogP contribution in [0.4, 0.5) is 0 Å². The SMILES string of the molecule is CCNC(=NCCCOCC(C)C)NCCc1nc(CC)c(C)s1.I. The van der Waals surface area contributed by atoms with Gasteiger partial charge in [0, 0.05) is 44.1 Å². The third kappa shape index (κ3) is 11.0. The molecule has 0 fully saturated rings. The number of halogens is 1. The summed E-state index contributed by atoms with van der Waals surface area (Å²) in [6, 6.07) is 0. The first kappa shape index (κ1) is 24.6. The molecular formula is C18H35IN4OS. The number of aliphatic imine (C=N–C) groups is 1. The predicted octanol–water partition coefficient (Wildman–Crippen LogP) is 3.79. The lowest BCUT2D eigenvalue weighted by Crippen LogP contribution is -2.38. The summed E-state index contributed by atoms with van der Waals surface area (Å²) in [7, 11) is 0. The Hall–Kier alpha value is -0.410. The van der Waals surface area contributed by atoms with E-state index in [1.165, 1.54) is 15.6 Å². The Morgan fingerprint density at radius 1 is 1.28 bits per heavy atom. The molecule has 0 unspecified atom stereocenters. The third-order valence-electron chi connectivity index (χ3n) is 3.42. The van der Waals surface area contributed by atoms with Crippen molar-refractivity contribution in [3.8, 4) is 0 Å². The second kappa shape index (κ2) is 14.7. The highest BCUT2D eigenvalue weighted by Crippen LogP contribution is 2.17. The molecule has 0 saturated heterocycles. The molecule has 0 aromatic carbocycles. The molecule has 0 aliphatic carbocycles. The van der Waals surface area contributed by atoms with E-state index in [9.17, 15) is 0 Å². The van der Waals surface area contributed by atoms with Crippen molar-refractivity contribution in [3.05, 3.63) is 15.6 Å². The Labute approximate surface area is 174 Å². The highest BCUT2D eigenvalue weighted by molar-refractivity contribution is 14.0. The standard InChI is InChI=1S/C18H34N4OS.HI/c1-6-16-15(5)24-17(22-16)9-11-21-18(19-7-2)20-10-8-12-23-13-14(3)4;/h14H,6-13H2,1-5H3,(H2,19,20,21);1H. The zero-order chi connectivity index (χ0) is 17.8.